The maximum absolute atomic E-state index is 10.8. The number of hydrogen-bond donors (Lipinski definition) is 2. The molecule has 0 aromatic heterocycles. The normalized spacial score (nSPS) is 32.6. The Labute approximate surface area is 112 Å². The molecule has 18 heavy (non-hydrogen) atoms. The summed E-state index contributed by atoms with van der Waals surface area (Å²) in [5.41, 5.74) is 0. The lowest BCUT2D eigenvalue weighted by molar-refractivity contribution is 0.0604. The Morgan fingerprint density at radius 1 is 1.06 bits per heavy atom. The van der Waals surface area contributed by atoms with Crippen molar-refractivity contribution >= 4 is 21.6 Å². The van der Waals surface area contributed by atoms with Crippen molar-refractivity contribution in [1.29, 1.82) is 0 Å². The number of aliphatic hydroxyl groups is 2. The molecule has 108 valence electrons. The first kappa shape index (κ1) is 16.2. The second kappa shape index (κ2) is 8.34. The van der Waals surface area contributed by atoms with E-state index >= 15 is 0 Å². The van der Waals surface area contributed by atoms with E-state index in [0.29, 0.717) is 6.61 Å². The highest BCUT2D eigenvalue weighted by Gasteiger charge is 2.20. The Kier molecular flexibility index (Phi) is 7.50. The van der Waals surface area contributed by atoms with Crippen molar-refractivity contribution < 1.29 is 28.1 Å². The number of aliphatic hydroxyl groups excluding tert-OH is 2. The van der Waals surface area contributed by atoms with Crippen molar-refractivity contribution in [2.45, 2.75) is 12.2 Å². The van der Waals surface area contributed by atoms with Crippen molar-refractivity contribution in [3.63, 3.8) is 0 Å². The lowest BCUT2D eigenvalue weighted by Gasteiger charge is -2.02. The molecule has 6 nitrogen and oxygen atoms in total. The van der Waals surface area contributed by atoms with Gasteiger partial charge in [0.25, 0.3) is 0 Å². The fourth-order valence-electron chi connectivity index (χ4n) is 1.43. The van der Waals surface area contributed by atoms with Gasteiger partial charge in [0.2, 0.25) is 0 Å². The van der Waals surface area contributed by atoms with Gasteiger partial charge in [0, 0.05) is 11.5 Å². The zero-order valence-electron chi connectivity index (χ0n) is 10.2. The molecule has 0 spiro atoms. The Balaban J connectivity index is 0.000000184. The summed E-state index contributed by atoms with van der Waals surface area (Å²) in [5, 5.41) is 17.9. The summed E-state index contributed by atoms with van der Waals surface area (Å²) >= 11 is 1.75. The molecule has 2 aliphatic rings. The van der Waals surface area contributed by atoms with Crippen LogP contribution in [-0.2, 0) is 19.3 Å². The number of sulfone groups is 1. The van der Waals surface area contributed by atoms with E-state index in [1.165, 1.54) is 0 Å². The van der Waals surface area contributed by atoms with E-state index < -0.39 is 15.9 Å². The number of rotatable bonds is 0. The fraction of sp³-hybridized carbons (Fsp3) is 1.00. The fourth-order valence-corrected chi connectivity index (χ4v) is 3.43. The van der Waals surface area contributed by atoms with E-state index in [1.54, 1.807) is 11.8 Å². The van der Waals surface area contributed by atoms with Gasteiger partial charge in [0.15, 0.2) is 9.84 Å². The van der Waals surface area contributed by atoms with Crippen molar-refractivity contribution in [2.75, 3.05) is 49.4 Å². The van der Waals surface area contributed by atoms with Gasteiger partial charge in [-0.1, -0.05) is 0 Å². The minimum absolute atomic E-state index is 0.0318. The first-order valence-corrected chi connectivity index (χ1v) is 8.77. The molecule has 0 aromatic rings. The van der Waals surface area contributed by atoms with Gasteiger partial charge in [0.05, 0.1) is 50.1 Å². The highest BCUT2D eigenvalue weighted by atomic mass is 32.2. The number of ether oxygens (including phenoxy) is 2. The predicted molar refractivity (Wildman–Crippen MR) is 69.6 cm³/mol. The molecule has 8 heteroatoms. The molecule has 2 aliphatic heterocycles. The van der Waals surface area contributed by atoms with Crippen LogP contribution in [0.4, 0.5) is 0 Å². The van der Waals surface area contributed by atoms with E-state index in [0.717, 1.165) is 18.1 Å². The zero-order chi connectivity index (χ0) is 13.4. The quantitative estimate of drug-likeness (QED) is 0.587. The summed E-state index contributed by atoms with van der Waals surface area (Å²) in [4.78, 5) is 0. The van der Waals surface area contributed by atoms with Crippen LogP contribution in [0.1, 0.15) is 0 Å². The molecule has 2 rings (SSSR count). The van der Waals surface area contributed by atoms with E-state index in [1.807, 2.05) is 0 Å². The second-order valence-corrected chi connectivity index (χ2v) is 7.53. The molecule has 0 saturated carbocycles. The molecule has 0 amide bonds. The smallest absolute Gasteiger partial charge is 0.155 e. The molecule has 2 fully saturated rings. The Morgan fingerprint density at radius 3 is 2.50 bits per heavy atom. The van der Waals surface area contributed by atoms with Crippen LogP contribution in [0.25, 0.3) is 0 Å². The predicted octanol–water partition coefficient (Wildman–Crippen LogP) is -1.10. The minimum atomic E-state index is -3.04. The molecule has 2 atom stereocenters. The number of thioether (sulfide) groups is 1. The summed E-state index contributed by atoms with van der Waals surface area (Å²) in [5.74, 6) is 1.73. The molecule has 2 saturated heterocycles. The molecule has 0 aromatic carbocycles. The Hall–Kier alpha value is 0.140. The summed E-state index contributed by atoms with van der Waals surface area (Å²) in [6, 6.07) is 0. The van der Waals surface area contributed by atoms with Crippen LogP contribution in [0.3, 0.4) is 0 Å². The van der Waals surface area contributed by atoms with Crippen molar-refractivity contribution in [3.8, 4) is 0 Å². The van der Waals surface area contributed by atoms with Crippen LogP contribution in [-0.4, -0.2) is 80.3 Å². The Bertz CT molecular complexity index is 310. The monoisotopic (exact) mass is 300 g/mol. The highest BCUT2D eigenvalue weighted by Crippen LogP contribution is 2.06. The zero-order valence-corrected chi connectivity index (χ0v) is 11.8. The maximum Gasteiger partial charge on any atom is 0.155 e. The van der Waals surface area contributed by atoms with Gasteiger partial charge < -0.3 is 19.7 Å². The lowest BCUT2D eigenvalue weighted by atomic mass is 10.4. The van der Waals surface area contributed by atoms with Crippen LogP contribution in [0, 0.1) is 0 Å². The standard InChI is InChI=1S/C5H10O4S.C5H10O2S/c6-5-3-9-1-2-10(7,8)4-5;6-5-3-7-1-2-8-4-5/h5-6H,1-4H2;5-6H,1-4H2. The first-order valence-electron chi connectivity index (χ1n) is 5.79. The molecule has 0 radical (unpaired) electrons. The molecule has 0 aliphatic carbocycles. The molecule has 2 unspecified atom stereocenters. The van der Waals surface area contributed by atoms with Gasteiger partial charge in [-0.15, -0.1) is 0 Å². The Morgan fingerprint density at radius 2 is 1.72 bits per heavy atom. The van der Waals surface area contributed by atoms with Gasteiger partial charge >= 0.3 is 0 Å². The summed E-state index contributed by atoms with van der Waals surface area (Å²) in [6.07, 6.45) is -1.07. The van der Waals surface area contributed by atoms with Gasteiger partial charge in [-0.2, -0.15) is 11.8 Å². The van der Waals surface area contributed by atoms with Gasteiger partial charge in [-0.05, 0) is 0 Å². The summed E-state index contributed by atoms with van der Waals surface area (Å²) in [7, 11) is -3.04. The third kappa shape index (κ3) is 7.55. The van der Waals surface area contributed by atoms with Crippen LogP contribution < -0.4 is 0 Å². The molecule has 2 heterocycles. The van der Waals surface area contributed by atoms with Crippen molar-refractivity contribution in [2.24, 2.45) is 0 Å². The van der Waals surface area contributed by atoms with Crippen molar-refractivity contribution in [1.82, 2.24) is 0 Å². The van der Waals surface area contributed by atoms with E-state index in [-0.39, 0.29) is 30.8 Å². The molecular weight excluding hydrogens is 280 g/mol. The highest BCUT2D eigenvalue weighted by molar-refractivity contribution is 7.99. The lowest BCUT2D eigenvalue weighted by Crippen LogP contribution is -2.22. The maximum atomic E-state index is 10.8. The van der Waals surface area contributed by atoms with Gasteiger partial charge in [-0.25, -0.2) is 8.42 Å². The largest absolute Gasteiger partial charge is 0.390 e. The summed E-state index contributed by atoms with van der Waals surface area (Å²) < 4.78 is 31.5. The van der Waals surface area contributed by atoms with Crippen LogP contribution in [0.2, 0.25) is 0 Å². The molecule has 0 bridgehead atoms. The topological polar surface area (TPSA) is 93.1 Å². The van der Waals surface area contributed by atoms with Gasteiger partial charge in [0.1, 0.15) is 0 Å². The minimum Gasteiger partial charge on any atom is -0.390 e. The third-order valence-electron chi connectivity index (χ3n) is 2.29. The average molecular weight is 300 g/mol. The third-order valence-corrected chi connectivity index (χ3v) is 5.04. The van der Waals surface area contributed by atoms with E-state index in [4.69, 9.17) is 19.7 Å². The number of hydrogen-bond acceptors (Lipinski definition) is 7. The SMILES string of the molecule is O=S1(=O)CCOCC(O)C1.OC1COCCSC1. The van der Waals surface area contributed by atoms with Crippen LogP contribution >= 0.6 is 11.8 Å². The average Bonchev–Trinajstić information content (AvgIpc) is 2.59. The van der Waals surface area contributed by atoms with Gasteiger partial charge in [-0.3, -0.25) is 0 Å². The first-order chi connectivity index (χ1) is 8.49. The van der Waals surface area contributed by atoms with E-state index in [2.05, 4.69) is 0 Å². The van der Waals surface area contributed by atoms with Crippen molar-refractivity contribution in [3.05, 3.63) is 0 Å². The second-order valence-electron chi connectivity index (χ2n) is 4.15. The van der Waals surface area contributed by atoms with Crippen LogP contribution in [0.5, 0.6) is 0 Å². The summed E-state index contributed by atoms with van der Waals surface area (Å²) in [6.45, 7) is 1.66. The van der Waals surface area contributed by atoms with Crippen LogP contribution in [0.15, 0.2) is 0 Å². The molecular formula is C10H20O6S2. The van der Waals surface area contributed by atoms with E-state index in [9.17, 15) is 8.42 Å². The molecule has 2 N–H and O–H groups in total.